The van der Waals surface area contributed by atoms with Gasteiger partial charge in [-0.1, -0.05) is 40.0 Å². The van der Waals surface area contributed by atoms with E-state index in [0.717, 1.165) is 25.3 Å². The van der Waals surface area contributed by atoms with Crippen LogP contribution in [-0.2, 0) is 0 Å². The van der Waals surface area contributed by atoms with E-state index in [1.54, 1.807) is 0 Å². The molecule has 100 valence electrons. The van der Waals surface area contributed by atoms with Gasteiger partial charge in [-0.15, -0.1) is 0 Å². The monoisotopic (exact) mass is 239 g/mol. The fourth-order valence-corrected chi connectivity index (χ4v) is 3.47. The lowest BCUT2D eigenvalue weighted by Crippen LogP contribution is -2.44. The Labute approximate surface area is 106 Å². The first-order valence-corrected chi connectivity index (χ1v) is 7.34. The van der Waals surface area contributed by atoms with Gasteiger partial charge in [0.2, 0.25) is 0 Å². The van der Waals surface area contributed by atoms with E-state index in [2.05, 4.69) is 25.7 Å². The lowest BCUT2D eigenvalue weighted by molar-refractivity contribution is -0.0230. The molecule has 2 rings (SSSR count). The Morgan fingerprint density at radius 3 is 2.35 bits per heavy atom. The summed E-state index contributed by atoms with van der Waals surface area (Å²) in [6.45, 7) is 10.3. The van der Waals surface area contributed by atoms with Crippen molar-refractivity contribution in [2.24, 2.45) is 11.3 Å². The molecule has 2 heteroatoms. The molecule has 0 aromatic rings. The van der Waals surface area contributed by atoms with Crippen molar-refractivity contribution < 1.29 is 5.11 Å². The van der Waals surface area contributed by atoms with Crippen molar-refractivity contribution in [2.75, 3.05) is 19.6 Å². The molecule has 0 aromatic heterocycles. The quantitative estimate of drug-likeness (QED) is 0.800. The normalized spacial score (nSPS) is 30.7. The van der Waals surface area contributed by atoms with Gasteiger partial charge in [0.1, 0.15) is 0 Å². The van der Waals surface area contributed by atoms with Gasteiger partial charge in [-0.3, -0.25) is 0 Å². The summed E-state index contributed by atoms with van der Waals surface area (Å²) in [5, 5.41) is 10.6. The van der Waals surface area contributed by atoms with Crippen molar-refractivity contribution in [2.45, 2.75) is 64.9 Å². The molecule has 1 atom stereocenters. The van der Waals surface area contributed by atoms with Crippen LogP contribution in [0.25, 0.3) is 0 Å². The molecule has 0 amide bonds. The van der Waals surface area contributed by atoms with Crippen molar-refractivity contribution in [3.8, 4) is 0 Å². The lowest BCUT2D eigenvalue weighted by Gasteiger charge is -2.36. The summed E-state index contributed by atoms with van der Waals surface area (Å²) in [7, 11) is 0. The van der Waals surface area contributed by atoms with Crippen molar-refractivity contribution in [1.82, 2.24) is 4.90 Å². The number of β-amino-alcohol motifs (C(OH)–C–C–N with tert-alkyl or cyclic N) is 1. The largest absolute Gasteiger partial charge is 0.389 e. The third-order valence-corrected chi connectivity index (χ3v) is 4.80. The zero-order chi connectivity index (χ0) is 12.5. The summed E-state index contributed by atoms with van der Waals surface area (Å²) in [5.74, 6) is 0.801. The first kappa shape index (κ1) is 13.4. The number of aliphatic hydroxyl groups is 1. The van der Waals surface area contributed by atoms with Crippen LogP contribution < -0.4 is 0 Å². The van der Waals surface area contributed by atoms with Gasteiger partial charge < -0.3 is 10.0 Å². The Balaban J connectivity index is 1.85. The highest BCUT2D eigenvalue weighted by molar-refractivity contribution is 4.90. The van der Waals surface area contributed by atoms with Crippen molar-refractivity contribution >= 4 is 0 Å². The molecule has 0 radical (unpaired) electrons. The molecule has 0 spiro atoms. The number of nitrogens with zero attached hydrogens (tertiary/aromatic N) is 1. The Morgan fingerprint density at radius 2 is 1.82 bits per heavy atom. The molecule has 2 fully saturated rings. The van der Waals surface area contributed by atoms with E-state index in [-0.39, 0.29) is 5.60 Å². The van der Waals surface area contributed by atoms with Crippen LogP contribution in [-0.4, -0.2) is 35.2 Å². The van der Waals surface area contributed by atoms with Gasteiger partial charge >= 0.3 is 0 Å². The summed E-state index contributed by atoms with van der Waals surface area (Å²) in [4.78, 5) is 2.50. The van der Waals surface area contributed by atoms with Crippen LogP contribution in [0.1, 0.15) is 59.3 Å². The standard InChI is InChI=1S/C15H29NO/c1-14(2,3)13-7-10-16(11-13)12-15(17)8-5-4-6-9-15/h13,17H,4-12H2,1-3H3. The van der Waals surface area contributed by atoms with Gasteiger partial charge in [0.25, 0.3) is 0 Å². The second-order valence-electron chi connectivity index (χ2n) is 7.37. The van der Waals surface area contributed by atoms with E-state index in [1.165, 1.54) is 38.8 Å². The summed E-state index contributed by atoms with van der Waals surface area (Å²) in [5.41, 5.74) is 0.0506. The second kappa shape index (κ2) is 4.89. The minimum Gasteiger partial charge on any atom is -0.389 e. The van der Waals surface area contributed by atoms with Gasteiger partial charge in [0.15, 0.2) is 0 Å². The highest BCUT2D eigenvalue weighted by Crippen LogP contribution is 2.36. The third-order valence-electron chi connectivity index (χ3n) is 4.80. The van der Waals surface area contributed by atoms with Crippen LogP contribution in [0.2, 0.25) is 0 Å². The number of likely N-dealkylation sites (tertiary alicyclic amines) is 1. The minimum absolute atomic E-state index is 0.370. The maximum atomic E-state index is 10.6. The average molecular weight is 239 g/mol. The number of hydrogen-bond acceptors (Lipinski definition) is 2. The van der Waals surface area contributed by atoms with Crippen LogP contribution in [0.15, 0.2) is 0 Å². The van der Waals surface area contributed by atoms with Gasteiger partial charge in [0, 0.05) is 13.1 Å². The number of hydrogen-bond donors (Lipinski definition) is 1. The molecule has 1 aliphatic carbocycles. The predicted molar refractivity (Wildman–Crippen MR) is 72.0 cm³/mol. The van der Waals surface area contributed by atoms with Gasteiger partial charge in [0.05, 0.1) is 5.60 Å². The fraction of sp³-hybridized carbons (Fsp3) is 1.00. The van der Waals surface area contributed by atoms with E-state index in [1.807, 2.05) is 0 Å². The summed E-state index contributed by atoms with van der Waals surface area (Å²) in [6.07, 6.45) is 7.08. The summed E-state index contributed by atoms with van der Waals surface area (Å²) < 4.78 is 0. The van der Waals surface area contributed by atoms with E-state index in [4.69, 9.17) is 0 Å². The predicted octanol–water partition coefficient (Wildman–Crippen LogP) is 3.05. The maximum Gasteiger partial charge on any atom is 0.0774 e. The SMILES string of the molecule is CC(C)(C)C1CCN(CC2(O)CCCCC2)C1. The molecule has 1 heterocycles. The van der Waals surface area contributed by atoms with Crippen LogP contribution in [0.4, 0.5) is 0 Å². The molecule has 2 aliphatic rings. The van der Waals surface area contributed by atoms with E-state index < -0.39 is 0 Å². The first-order valence-electron chi connectivity index (χ1n) is 7.34. The van der Waals surface area contributed by atoms with Gasteiger partial charge in [-0.05, 0) is 37.1 Å². The zero-order valence-electron chi connectivity index (χ0n) is 11.8. The Bertz CT molecular complexity index is 250. The molecule has 0 bridgehead atoms. The van der Waals surface area contributed by atoms with E-state index in [9.17, 15) is 5.11 Å². The average Bonchev–Trinajstić information content (AvgIpc) is 2.66. The highest BCUT2D eigenvalue weighted by atomic mass is 16.3. The smallest absolute Gasteiger partial charge is 0.0774 e. The highest BCUT2D eigenvalue weighted by Gasteiger charge is 2.36. The van der Waals surface area contributed by atoms with E-state index in [0.29, 0.717) is 5.41 Å². The number of rotatable bonds is 2. The van der Waals surface area contributed by atoms with Crippen LogP contribution in [0.3, 0.4) is 0 Å². The topological polar surface area (TPSA) is 23.5 Å². The third kappa shape index (κ3) is 3.45. The molecule has 1 aliphatic heterocycles. The van der Waals surface area contributed by atoms with Crippen LogP contribution in [0, 0.1) is 11.3 Å². The molecule has 17 heavy (non-hydrogen) atoms. The van der Waals surface area contributed by atoms with Crippen molar-refractivity contribution in [3.63, 3.8) is 0 Å². The van der Waals surface area contributed by atoms with Crippen LogP contribution >= 0.6 is 0 Å². The molecule has 2 nitrogen and oxygen atoms in total. The lowest BCUT2D eigenvalue weighted by atomic mass is 9.80. The van der Waals surface area contributed by atoms with Gasteiger partial charge in [-0.25, -0.2) is 0 Å². The maximum absolute atomic E-state index is 10.6. The molecule has 1 saturated heterocycles. The molecule has 1 N–H and O–H groups in total. The first-order chi connectivity index (χ1) is 7.89. The Hall–Kier alpha value is -0.0800. The fourth-order valence-electron chi connectivity index (χ4n) is 3.47. The molecule has 0 aromatic carbocycles. The molecule has 1 saturated carbocycles. The minimum atomic E-state index is -0.370. The van der Waals surface area contributed by atoms with Crippen molar-refractivity contribution in [1.29, 1.82) is 0 Å². The Morgan fingerprint density at radius 1 is 1.18 bits per heavy atom. The molecular formula is C15H29NO. The Kier molecular flexibility index (Phi) is 3.84. The van der Waals surface area contributed by atoms with Gasteiger partial charge in [-0.2, -0.15) is 0 Å². The summed E-state index contributed by atoms with van der Waals surface area (Å²) in [6, 6.07) is 0. The summed E-state index contributed by atoms with van der Waals surface area (Å²) >= 11 is 0. The van der Waals surface area contributed by atoms with E-state index >= 15 is 0 Å². The molecule has 1 unspecified atom stereocenters. The second-order valence-corrected chi connectivity index (χ2v) is 7.37. The molecular weight excluding hydrogens is 210 g/mol. The zero-order valence-corrected chi connectivity index (χ0v) is 11.8. The van der Waals surface area contributed by atoms with Crippen LogP contribution in [0.5, 0.6) is 0 Å². The van der Waals surface area contributed by atoms with Crippen molar-refractivity contribution in [3.05, 3.63) is 0 Å².